The number of alkyl halides is 12. The van der Waals surface area contributed by atoms with Crippen LogP contribution < -0.4 is 0 Å². The van der Waals surface area contributed by atoms with E-state index in [1.54, 1.807) is 36.4 Å². The first-order valence-electron chi connectivity index (χ1n) is 17.2. The predicted molar refractivity (Wildman–Crippen MR) is 201 cm³/mol. The summed E-state index contributed by atoms with van der Waals surface area (Å²) in [5.41, 5.74) is -2.76. The van der Waals surface area contributed by atoms with Gasteiger partial charge in [0.25, 0.3) is 0 Å². The molecule has 0 N–H and O–H groups in total. The Hall–Kier alpha value is -3.28. The van der Waals surface area contributed by atoms with Crippen molar-refractivity contribution in [1.82, 2.24) is 0 Å². The van der Waals surface area contributed by atoms with Crippen LogP contribution in [0.5, 0.6) is 0 Å². The molecule has 0 saturated heterocycles. The Labute approximate surface area is 341 Å². The van der Waals surface area contributed by atoms with Crippen molar-refractivity contribution in [1.29, 1.82) is 0 Å². The Morgan fingerprint density at radius 1 is 0.509 bits per heavy atom. The fraction of sp³-hybridized carbons (Fsp3) is 0.262. The topological polar surface area (TPSA) is 0 Å². The molecule has 0 fully saturated rings. The van der Waals surface area contributed by atoms with Crippen LogP contribution in [-0.4, -0.2) is 0 Å². The Bertz CT molecular complexity index is 1980. The van der Waals surface area contributed by atoms with Crippen molar-refractivity contribution in [3.63, 3.8) is 0 Å². The molecular formula is C42H35Cl2F12Zr-3. The molecule has 0 atom stereocenters. The van der Waals surface area contributed by atoms with Crippen LogP contribution in [0.1, 0.15) is 67.5 Å². The van der Waals surface area contributed by atoms with Crippen LogP contribution in [-0.2, 0) is 58.4 Å². The first kappa shape index (κ1) is 48.1. The summed E-state index contributed by atoms with van der Waals surface area (Å²) in [5, 5.41) is 2.87. The van der Waals surface area contributed by atoms with E-state index in [1.807, 2.05) is 26.0 Å². The molecule has 0 nitrogen and oxygen atoms in total. The Morgan fingerprint density at radius 2 is 0.789 bits per heavy atom. The third-order valence-electron chi connectivity index (χ3n) is 8.64. The van der Waals surface area contributed by atoms with E-state index in [0.29, 0.717) is 21.9 Å². The van der Waals surface area contributed by atoms with Crippen LogP contribution in [0.3, 0.4) is 0 Å². The second kappa shape index (κ2) is 20.1. The summed E-state index contributed by atoms with van der Waals surface area (Å²) in [7, 11) is 9.87. The molecule has 308 valence electrons. The molecule has 0 aliphatic rings. The summed E-state index contributed by atoms with van der Waals surface area (Å²) in [5.74, 6) is 0. The van der Waals surface area contributed by atoms with Gasteiger partial charge in [0.15, 0.2) is 0 Å². The number of hydrogen-bond donors (Lipinski definition) is 0. The molecule has 0 spiro atoms. The maximum atomic E-state index is 13.1. The van der Waals surface area contributed by atoms with Crippen LogP contribution in [0.25, 0.3) is 43.8 Å². The number of unbranched alkanes of at least 4 members (excludes halogenated alkanes) is 1. The molecule has 0 amide bonds. The molecule has 0 heterocycles. The van der Waals surface area contributed by atoms with Crippen LogP contribution >= 0.6 is 17.0 Å². The van der Waals surface area contributed by atoms with Crippen molar-refractivity contribution in [2.45, 2.75) is 71.7 Å². The first-order valence-corrected chi connectivity index (χ1v) is 23.6. The van der Waals surface area contributed by atoms with E-state index in [0.717, 1.165) is 59.0 Å². The van der Waals surface area contributed by atoms with Crippen LogP contribution in [0.2, 0.25) is 0 Å². The van der Waals surface area contributed by atoms with Crippen molar-refractivity contribution in [2.24, 2.45) is 0 Å². The summed E-state index contributed by atoms with van der Waals surface area (Å²) >= 11 is -0.826. The summed E-state index contributed by atoms with van der Waals surface area (Å²) in [6, 6.07) is 20.6. The van der Waals surface area contributed by atoms with Gasteiger partial charge < -0.3 is 6.42 Å². The second-order valence-electron chi connectivity index (χ2n) is 12.5. The number of aryl methyl sites for hydroxylation is 2. The zero-order valence-corrected chi connectivity index (χ0v) is 34.7. The van der Waals surface area contributed by atoms with Gasteiger partial charge in [-0.25, -0.2) is 0 Å². The zero-order chi connectivity index (χ0) is 42.9. The van der Waals surface area contributed by atoms with Crippen molar-refractivity contribution < 1.29 is 73.5 Å². The van der Waals surface area contributed by atoms with Crippen molar-refractivity contribution in [3.05, 3.63) is 137 Å². The molecule has 0 saturated carbocycles. The number of halogens is 14. The fourth-order valence-electron chi connectivity index (χ4n) is 5.73. The third-order valence-corrected chi connectivity index (χ3v) is 8.64. The molecule has 6 rings (SSSR count). The van der Waals surface area contributed by atoms with Gasteiger partial charge in [-0.15, -0.1) is 69.1 Å². The Balaban J connectivity index is 0.000000263. The first-order chi connectivity index (χ1) is 26.5. The monoisotopic (exact) mass is 927 g/mol. The minimum atomic E-state index is -4.86. The predicted octanol–water partition coefficient (Wildman–Crippen LogP) is 16.6. The summed E-state index contributed by atoms with van der Waals surface area (Å²) in [6.45, 7) is 8.04. The number of fused-ring (bicyclic) bond motifs is 2. The molecule has 0 unspecified atom stereocenters. The van der Waals surface area contributed by atoms with E-state index in [4.69, 9.17) is 17.0 Å². The van der Waals surface area contributed by atoms with Gasteiger partial charge >= 0.3 is 62.6 Å². The van der Waals surface area contributed by atoms with E-state index < -0.39 is 67.8 Å². The van der Waals surface area contributed by atoms with Crippen LogP contribution in [0.15, 0.2) is 97.1 Å². The van der Waals surface area contributed by atoms with Crippen LogP contribution in [0.4, 0.5) is 52.7 Å². The van der Waals surface area contributed by atoms with E-state index in [-0.39, 0.29) is 23.3 Å². The van der Waals surface area contributed by atoms with Crippen molar-refractivity contribution >= 4 is 38.6 Å². The molecule has 15 heteroatoms. The van der Waals surface area contributed by atoms with Crippen LogP contribution in [0, 0.1) is 6.42 Å². The minimum absolute atomic E-state index is 0.0963. The van der Waals surface area contributed by atoms with E-state index in [1.165, 1.54) is 18.6 Å². The molecule has 0 aliphatic heterocycles. The van der Waals surface area contributed by atoms with Crippen molar-refractivity contribution in [2.75, 3.05) is 0 Å². The second-order valence-corrected chi connectivity index (χ2v) is 16.3. The Kier molecular flexibility index (Phi) is 17.0. The molecule has 57 heavy (non-hydrogen) atoms. The van der Waals surface area contributed by atoms with Gasteiger partial charge in [-0.05, 0) is 60.4 Å². The van der Waals surface area contributed by atoms with Gasteiger partial charge in [-0.3, -0.25) is 0 Å². The van der Waals surface area contributed by atoms with Gasteiger partial charge in [-0.2, -0.15) is 78.2 Å². The average molecular weight is 930 g/mol. The summed E-state index contributed by atoms with van der Waals surface area (Å²) < 4.78 is 157. The van der Waals surface area contributed by atoms with Gasteiger partial charge in [-0.1, -0.05) is 44.0 Å². The molecule has 6 aromatic carbocycles. The van der Waals surface area contributed by atoms with Gasteiger partial charge in [0.05, 0.1) is 22.3 Å². The number of hydrogen-bond acceptors (Lipinski definition) is 0. The SMILES string of the molecule is CCc1cc2c(-c3cc(C(F)(F)F)cc(C(F)(F)F)c3)cccc2[cH-]1.CCc1cc2c(-c3cc(C(F)(F)F)cc(C(F)(F)F)c3)cccc2[cH-]1.C[CH-]CC.[Cl][Zr][Cl]. The standard InChI is InChI=1S/2C19H13F6.C4H9.2ClH.Zr/c2*1-2-11-6-12-4-3-5-16(17(12)7-11)13-8-14(18(20,21)22)10-15(9-13)19(23,24)25;1-3-4-2;;;/h2*3-10H,2H2,1H3;3H,4H2,1-2H3;2*1H;/q3*-1;;;+2/p-2. The molecule has 6 aromatic rings. The van der Waals surface area contributed by atoms with Gasteiger partial charge in [0.2, 0.25) is 0 Å². The fourth-order valence-corrected chi connectivity index (χ4v) is 5.73. The normalized spacial score (nSPS) is 12.0. The van der Waals surface area contributed by atoms with Gasteiger partial charge in [0, 0.05) is 0 Å². The van der Waals surface area contributed by atoms with E-state index in [9.17, 15) is 52.7 Å². The maximum absolute atomic E-state index is 13.1. The van der Waals surface area contributed by atoms with E-state index >= 15 is 0 Å². The molecule has 0 bridgehead atoms. The quantitative estimate of drug-likeness (QED) is 0.119. The van der Waals surface area contributed by atoms with E-state index in [2.05, 4.69) is 20.3 Å². The number of benzene rings is 4. The van der Waals surface area contributed by atoms with Crippen molar-refractivity contribution in [3.8, 4) is 22.3 Å². The third kappa shape index (κ3) is 13.1. The zero-order valence-electron chi connectivity index (χ0n) is 30.7. The number of rotatable bonds is 5. The molecular weight excluding hydrogens is 895 g/mol. The van der Waals surface area contributed by atoms with Gasteiger partial charge in [0.1, 0.15) is 0 Å². The molecule has 0 aromatic heterocycles. The Morgan fingerprint density at radius 3 is 1.02 bits per heavy atom. The summed E-state index contributed by atoms with van der Waals surface area (Å²) in [4.78, 5) is 0. The molecule has 0 aliphatic carbocycles. The molecule has 0 radical (unpaired) electrons. The summed E-state index contributed by atoms with van der Waals surface area (Å²) in [6.07, 6.45) is -14.7. The average Bonchev–Trinajstić information content (AvgIpc) is 3.78.